The molecule has 0 aromatic heterocycles. The lowest BCUT2D eigenvalue weighted by atomic mass is 9.91. The van der Waals surface area contributed by atoms with Gasteiger partial charge in [-0.1, -0.05) is 48.5 Å². The highest BCUT2D eigenvalue weighted by Gasteiger charge is 2.39. The van der Waals surface area contributed by atoms with Crippen molar-refractivity contribution in [1.82, 2.24) is 20.0 Å². The number of rotatable bonds is 12. The molecule has 0 bridgehead atoms. The van der Waals surface area contributed by atoms with Gasteiger partial charge in [-0.15, -0.1) is 0 Å². The van der Waals surface area contributed by atoms with Crippen LogP contribution in [-0.4, -0.2) is 84.4 Å². The van der Waals surface area contributed by atoms with Gasteiger partial charge in [0.25, 0.3) is 0 Å². The average molecular weight is 465 g/mol. The molecular formula is C27H52N4O2. The van der Waals surface area contributed by atoms with E-state index in [1.54, 1.807) is 0 Å². The summed E-state index contributed by atoms with van der Waals surface area (Å²) in [5.74, 6) is 2.53. The number of carbonyl (C=O) groups is 2. The zero-order valence-electron chi connectivity index (χ0n) is 22.6. The normalized spacial score (nSPS) is 21.7. The van der Waals surface area contributed by atoms with E-state index in [0.29, 0.717) is 30.2 Å². The lowest BCUT2D eigenvalue weighted by molar-refractivity contribution is -0.150. The van der Waals surface area contributed by atoms with Crippen LogP contribution in [0.5, 0.6) is 0 Å². The zero-order chi connectivity index (χ0) is 24.5. The summed E-state index contributed by atoms with van der Waals surface area (Å²) in [4.78, 5) is 33.4. The van der Waals surface area contributed by atoms with E-state index < -0.39 is 0 Å². The highest BCUT2D eigenvalue weighted by atomic mass is 16.2. The zero-order valence-corrected chi connectivity index (χ0v) is 22.6. The van der Waals surface area contributed by atoms with Gasteiger partial charge in [0.1, 0.15) is 6.04 Å². The van der Waals surface area contributed by atoms with Crippen LogP contribution < -0.4 is 5.32 Å². The molecule has 192 valence electrons. The Bertz CT molecular complexity index is 599. The van der Waals surface area contributed by atoms with Crippen LogP contribution in [0.2, 0.25) is 0 Å². The van der Waals surface area contributed by atoms with Crippen LogP contribution in [-0.2, 0) is 9.59 Å². The molecule has 2 saturated heterocycles. The fourth-order valence-corrected chi connectivity index (χ4v) is 5.44. The summed E-state index contributed by atoms with van der Waals surface area (Å²) in [7, 11) is 0. The Morgan fingerprint density at radius 3 is 2.24 bits per heavy atom. The number of hydrogen-bond acceptors (Lipinski definition) is 4. The molecule has 1 N–H and O–H groups in total. The minimum atomic E-state index is -0.313. The van der Waals surface area contributed by atoms with Gasteiger partial charge in [0.15, 0.2) is 0 Å². The number of hydrogen-bond donors (Lipinski definition) is 1. The maximum absolute atomic E-state index is 13.7. The minimum absolute atomic E-state index is 0.119. The quantitative estimate of drug-likeness (QED) is 0.477. The van der Waals surface area contributed by atoms with Crippen LogP contribution in [0.15, 0.2) is 0 Å². The molecule has 2 aliphatic rings. The Kier molecular flexibility index (Phi) is 11.6. The Hall–Kier alpha value is -1.14. The van der Waals surface area contributed by atoms with Gasteiger partial charge in [-0.3, -0.25) is 9.59 Å². The summed E-state index contributed by atoms with van der Waals surface area (Å²) in [6.07, 6.45) is 4.98. The number of carbonyl (C=O) groups excluding carboxylic acids is 2. The fourth-order valence-electron chi connectivity index (χ4n) is 5.44. The third-order valence-corrected chi connectivity index (χ3v) is 7.24. The number of amides is 2. The first kappa shape index (κ1) is 28.1. The number of nitrogens with one attached hydrogen (secondary N) is 1. The van der Waals surface area contributed by atoms with Crippen molar-refractivity contribution in [3.05, 3.63) is 0 Å². The molecule has 0 spiro atoms. The predicted molar refractivity (Wildman–Crippen MR) is 137 cm³/mol. The van der Waals surface area contributed by atoms with Crippen LogP contribution in [0, 0.1) is 23.7 Å². The van der Waals surface area contributed by atoms with Crippen molar-refractivity contribution >= 4 is 11.8 Å². The molecule has 6 nitrogen and oxygen atoms in total. The van der Waals surface area contributed by atoms with Crippen molar-refractivity contribution in [2.24, 2.45) is 23.7 Å². The monoisotopic (exact) mass is 464 g/mol. The van der Waals surface area contributed by atoms with Gasteiger partial charge >= 0.3 is 0 Å². The molecule has 2 aliphatic heterocycles. The summed E-state index contributed by atoms with van der Waals surface area (Å²) in [6, 6.07) is -0.466. The topological polar surface area (TPSA) is 55.9 Å². The molecule has 0 radical (unpaired) electrons. The second kappa shape index (κ2) is 13.7. The van der Waals surface area contributed by atoms with Crippen molar-refractivity contribution in [2.75, 3.05) is 45.8 Å². The second-order valence-corrected chi connectivity index (χ2v) is 11.7. The maximum atomic E-state index is 13.7. The van der Waals surface area contributed by atoms with E-state index in [0.717, 1.165) is 58.4 Å². The van der Waals surface area contributed by atoms with Crippen molar-refractivity contribution in [2.45, 2.75) is 92.7 Å². The van der Waals surface area contributed by atoms with Gasteiger partial charge < -0.3 is 20.0 Å². The number of piperazine rings is 1. The third-order valence-electron chi connectivity index (χ3n) is 7.24. The molecule has 2 amide bonds. The molecule has 0 aromatic rings. The summed E-state index contributed by atoms with van der Waals surface area (Å²) in [5, 5.41) is 3.38. The SMILES string of the molecule is CCN(CCC1CCN(C(=O)[C@H](CC(C)C)N2CCN[C@@H](CC(C)C)C2=O)CC1)CC(C)C. The van der Waals surface area contributed by atoms with Gasteiger partial charge in [0.05, 0.1) is 6.04 Å². The van der Waals surface area contributed by atoms with Crippen LogP contribution in [0.25, 0.3) is 0 Å². The summed E-state index contributed by atoms with van der Waals surface area (Å²) >= 11 is 0. The molecular weight excluding hydrogens is 412 g/mol. The number of likely N-dealkylation sites (tertiary alicyclic amines) is 1. The van der Waals surface area contributed by atoms with E-state index in [4.69, 9.17) is 0 Å². The lowest BCUT2D eigenvalue weighted by Gasteiger charge is -2.42. The van der Waals surface area contributed by atoms with E-state index in [1.165, 1.54) is 13.0 Å². The number of nitrogens with zero attached hydrogens (tertiary/aromatic N) is 3. The molecule has 2 atom stereocenters. The third kappa shape index (κ3) is 8.86. The second-order valence-electron chi connectivity index (χ2n) is 11.7. The Morgan fingerprint density at radius 2 is 1.70 bits per heavy atom. The highest BCUT2D eigenvalue weighted by Crippen LogP contribution is 2.25. The smallest absolute Gasteiger partial charge is 0.245 e. The Morgan fingerprint density at radius 1 is 1.03 bits per heavy atom. The predicted octanol–water partition coefficient (Wildman–Crippen LogP) is 3.85. The first-order valence-electron chi connectivity index (χ1n) is 13.7. The molecule has 0 aliphatic carbocycles. The number of piperidine rings is 1. The van der Waals surface area contributed by atoms with Crippen LogP contribution >= 0.6 is 0 Å². The Labute approximate surface area is 203 Å². The highest BCUT2D eigenvalue weighted by molar-refractivity contribution is 5.90. The van der Waals surface area contributed by atoms with Gasteiger partial charge in [0.2, 0.25) is 11.8 Å². The molecule has 6 heteroatoms. The molecule has 0 aromatic carbocycles. The van der Waals surface area contributed by atoms with Crippen molar-refractivity contribution < 1.29 is 9.59 Å². The van der Waals surface area contributed by atoms with Gasteiger partial charge in [0, 0.05) is 32.7 Å². The van der Waals surface area contributed by atoms with Gasteiger partial charge in [-0.2, -0.15) is 0 Å². The van der Waals surface area contributed by atoms with E-state index in [-0.39, 0.29) is 23.9 Å². The molecule has 2 fully saturated rings. The summed E-state index contributed by atoms with van der Waals surface area (Å²) in [5.41, 5.74) is 0. The largest absolute Gasteiger partial charge is 0.341 e. The molecule has 0 saturated carbocycles. The van der Waals surface area contributed by atoms with E-state index in [1.807, 2.05) is 4.90 Å². The fraction of sp³-hybridized carbons (Fsp3) is 0.926. The molecule has 2 heterocycles. The van der Waals surface area contributed by atoms with Crippen LogP contribution in [0.4, 0.5) is 0 Å². The maximum Gasteiger partial charge on any atom is 0.245 e. The standard InChI is InChI=1S/C27H52N4O2/c1-8-29(19-22(6)7)13-9-23-10-14-30(15-11-23)27(33)25(18-21(4)5)31-16-12-28-24(26(31)32)17-20(2)3/h20-25,28H,8-19H2,1-7H3/t24-,25-/m0/s1. The van der Waals surface area contributed by atoms with Crippen molar-refractivity contribution in [3.8, 4) is 0 Å². The molecule has 2 rings (SSSR count). The first-order valence-corrected chi connectivity index (χ1v) is 13.7. The summed E-state index contributed by atoms with van der Waals surface area (Å²) in [6.45, 7) is 22.0. The van der Waals surface area contributed by atoms with E-state index >= 15 is 0 Å². The van der Waals surface area contributed by atoms with E-state index in [2.05, 4.69) is 63.6 Å². The van der Waals surface area contributed by atoms with Gasteiger partial charge in [-0.25, -0.2) is 0 Å². The van der Waals surface area contributed by atoms with E-state index in [9.17, 15) is 9.59 Å². The molecule has 0 unspecified atom stereocenters. The van der Waals surface area contributed by atoms with Crippen molar-refractivity contribution in [1.29, 1.82) is 0 Å². The van der Waals surface area contributed by atoms with Crippen LogP contribution in [0.3, 0.4) is 0 Å². The molecule has 33 heavy (non-hydrogen) atoms. The van der Waals surface area contributed by atoms with Gasteiger partial charge in [-0.05, 0) is 68.9 Å². The average Bonchev–Trinajstić information content (AvgIpc) is 2.76. The summed E-state index contributed by atoms with van der Waals surface area (Å²) < 4.78 is 0. The Balaban J connectivity index is 1.95. The van der Waals surface area contributed by atoms with Crippen LogP contribution in [0.1, 0.15) is 80.6 Å². The first-order chi connectivity index (χ1) is 15.6. The lowest BCUT2D eigenvalue weighted by Crippen LogP contribution is -2.62. The van der Waals surface area contributed by atoms with Crippen molar-refractivity contribution in [3.63, 3.8) is 0 Å². The minimum Gasteiger partial charge on any atom is -0.341 e.